The molecular formula is C14H17N2+. The Morgan fingerprint density at radius 2 is 2.06 bits per heavy atom. The number of likely N-dealkylation sites (tertiary alicyclic amines) is 1. The number of piperidine rings is 1. The van der Waals surface area contributed by atoms with Gasteiger partial charge in [-0.15, -0.1) is 0 Å². The maximum atomic E-state index is 9.11. The zero-order valence-electron chi connectivity index (χ0n) is 9.39. The van der Waals surface area contributed by atoms with Crippen molar-refractivity contribution in [3.63, 3.8) is 0 Å². The van der Waals surface area contributed by atoms with E-state index in [1.165, 1.54) is 18.5 Å². The third-order valence-electron chi connectivity index (χ3n) is 4.18. The maximum absolute atomic E-state index is 9.11. The average Bonchev–Trinajstić information content (AvgIpc) is 2.89. The molecule has 1 heterocycles. The molecule has 1 saturated heterocycles. The predicted octanol–water partition coefficient (Wildman–Crippen LogP) is 1.00. The number of hydrogen-bond donors (Lipinski definition) is 1. The monoisotopic (exact) mass is 213 g/mol. The summed E-state index contributed by atoms with van der Waals surface area (Å²) < 4.78 is 0. The molecule has 1 unspecified atom stereocenters. The minimum absolute atomic E-state index is 0.317. The standard InChI is InChI=1S/C14H16N2/c15-8-13-6-12-7-14(13)16(10-12)9-11-4-2-1-3-5-11/h1-5,12-14H,6-7,9-10H2/p+1/t12-,13-,14+/m1/s1. The lowest BCUT2D eigenvalue weighted by Gasteiger charge is -2.26. The molecule has 1 aromatic carbocycles. The number of nitrogens with one attached hydrogen (secondary N) is 1. The third kappa shape index (κ3) is 1.62. The Kier molecular flexibility index (Phi) is 2.41. The molecule has 1 aromatic rings. The number of quaternary nitrogens is 1. The van der Waals surface area contributed by atoms with Gasteiger partial charge in [-0.05, 0) is 6.42 Å². The molecule has 1 aliphatic carbocycles. The Morgan fingerprint density at radius 1 is 1.25 bits per heavy atom. The van der Waals surface area contributed by atoms with E-state index in [9.17, 15) is 0 Å². The van der Waals surface area contributed by atoms with Crippen molar-refractivity contribution in [2.45, 2.75) is 25.4 Å². The van der Waals surface area contributed by atoms with Crippen LogP contribution in [-0.4, -0.2) is 12.6 Å². The fraction of sp³-hybridized carbons (Fsp3) is 0.500. The number of hydrogen-bond acceptors (Lipinski definition) is 1. The Hall–Kier alpha value is -1.33. The van der Waals surface area contributed by atoms with Crippen molar-refractivity contribution in [3.05, 3.63) is 35.9 Å². The number of nitriles is 1. The first-order chi connectivity index (χ1) is 7.86. The van der Waals surface area contributed by atoms with Crippen molar-refractivity contribution in [2.24, 2.45) is 11.8 Å². The summed E-state index contributed by atoms with van der Waals surface area (Å²) in [7, 11) is 0. The van der Waals surface area contributed by atoms with Crippen molar-refractivity contribution in [3.8, 4) is 6.07 Å². The van der Waals surface area contributed by atoms with E-state index in [4.69, 9.17) is 5.26 Å². The van der Waals surface area contributed by atoms with Gasteiger partial charge < -0.3 is 4.90 Å². The Bertz CT molecular complexity index is 406. The zero-order chi connectivity index (χ0) is 11.0. The molecule has 4 atom stereocenters. The molecule has 0 amide bonds. The first-order valence-electron chi connectivity index (χ1n) is 6.15. The van der Waals surface area contributed by atoms with E-state index in [2.05, 4.69) is 36.4 Å². The number of rotatable bonds is 2. The van der Waals surface area contributed by atoms with Crippen molar-refractivity contribution >= 4 is 0 Å². The Morgan fingerprint density at radius 3 is 2.75 bits per heavy atom. The van der Waals surface area contributed by atoms with Crippen LogP contribution in [-0.2, 0) is 6.54 Å². The smallest absolute Gasteiger partial charge is 0.104 e. The van der Waals surface area contributed by atoms with E-state index < -0.39 is 0 Å². The van der Waals surface area contributed by atoms with E-state index in [-0.39, 0.29) is 0 Å². The van der Waals surface area contributed by atoms with Gasteiger partial charge in [0.25, 0.3) is 0 Å². The topological polar surface area (TPSA) is 28.2 Å². The van der Waals surface area contributed by atoms with Crippen LogP contribution in [0.2, 0.25) is 0 Å². The molecule has 2 aliphatic rings. The Labute approximate surface area is 96.5 Å². The summed E-state index contributed by atoms with van der Waals surface area (Å²) >= 11 is 0. The minimum atomic E-state index is 0.317. The summed E-state index contributed by atoms with van der Waals surface area (Å²) in [4.78, 5) is 1.63. The summed E-state index contributed by atoms with van der Waals surface area (Å²) in [5.41, 5.74) is 1.40. The SMILES string of the molecule is N#C[C@H]1C[C@@H]2C[C@@H]1[NH+](Cc1ccccc1)C2. The van der Waals surface area contributed by atoms with Gasteiger partial charge in [0, 0.05) is 17.9 Å². The lowest BCUT2D eigenvalue weighted by Crippen LogP contribution is -3.14. The molecular weight excluding hydrogens is 196 g/mol. The van der Waals surface area contributed by atoms with Crippen molar-refractivity contribution < 1.29 is 4.90 Å². The molecule has 2 nitrogen and oxygen atoms in total. The average molecular weight is 213 g/mol. The molecule has 1 aliphatic heterocycles. The van der Waals surface area contributed by atoms with Gasteiger partial charge in [-0.1, -0.05) is 30.3 Å². The van der Waals surface area contributed by atoms with Crippen LogP contribution in [0.5, 0.6) is 0 Å². The summed E-state index contributed by atoms with van der Waals surface area (Å²) in [5.74, 6) is 1.13. The molecule has 16 heavy (non-hydrogen) atoms. The second-order valence-electron chi connectivity index (χ2n) is 5.20. The molecule has 0 aromatic heterocycles. The van der Waals surface area contributed by atoms with Gasteiger partial charge in [-0.25, -0.2) is 0 Å². The number of fused-ring (bicyclic) bond motifs is 2. The second kappa shape index (κ2) is 3.92. The van der Waals surface area contributed by atoms with Gasteiger partial charge in [-0.3, -0.25) is 0 Å². The fourth-order valence-corrected chi connectivity index (χ4v) is 3.49. The van der Waals surface area contributed by atoms with Gasteiger partial charge in [0.1, 0.15) is 12.6 Å². The van der Waals surface area contributed by atoms with E-state index in [0.717, 1.165) is 18.9 Å². The summed E-state index contributed by atoms with van der Waals surface area (Å²) in [6.45, 7) is 2.37. The number of nitrogens with zero attached hydrogens (tertiary/aromatic N) is 1. The van der Waals surface area contributed by atoms with E-state index in [1.807, 2.05) is 0 Å². The largest absolute Gasteiger partial charge is 0.327 e. The molecule has 2 fully saturated rings. The second-order valence-corrected chi connectivity index (χ2v) is 5.20. The quantitative estimate of drug-likeness (QED) is 0.780. The summed E-state index contributed by atoms with van der Waals surface area (Å²) in [5, 5.41) is 9.11. The summed E-state index contributed by atoms with van der Waals surface area (Å²) in [6, 6.07) is 13.8. The van der Waals surface area contributed by atoms with Crippen LogP contribution >= 0.6 is 0 Å². The highest BCUT2D eigenvalue weighted by atomic mass is 15.2. The lowest BCUT2D eigenvalue weighted by molar-refractivity contribution is -0.933. The molecule has 1 saturated carbocycles. The normalized spacial score (nSPS) is 36.2. The van der Waals surface area contributed by atoms with Crippen LogP contribution in [0.25, 0.3) is 0 Å². The van der Waals surface area contributed by atoms with Crippen LogP contribution in [0.15, 0.2) is 30.3 Å². The van der Waals surface area contributed by atoms with Crippen LogP contribution in [0.3, 0.4) is 0 Å². The predicted molar refractivity (Wildman–Crippen MR) is 61.6 cm³/mol. The van der Waals surface area contributed by atoms with Gasteiger partial charge in [-0.2, -0.15) is 5.26 Å². The zero-order valence-corrected chi connectivity index (χ0v) is 9.39. The highest BCUT2D eigenvalue weighted by Gasteiger charge is 2.48. The third-order valence-corrected chi connectivity index (χ3v) is 4.18. The Balaban J connectivity index is 1.72. The minimum Gasteiger partial charge on any atom is -0.327 e. The first-order valence-corrected chi connectivity index (χ1v) is 6.15. The highest BCUT2D eigenvalue weighted by Crippen LogP contribution is 2.32. The van der Waals surface area contributed by atoms with E-state index in [0.29, 0.717) is 12.0 Å². The van der Waals surface area contributed by atoms with Gasteiger partial charge in [0.15, 0.2) is 0 Å². The first kappa shape index (κ1) is 9.86. The maximum Gasteiger partial charge on any atom is 0.104 e. The highest BCUT2D eigenvalue weighted by molar-refractivity contribution is 5.13. The molecule has 1 N–H and O–H groups in total. The molecule has 3 rings (SSSR count). The van der Waals surface area contributed by atoms with Crippen LogP contribution in [0.4, 0.5) is 0 Å². The van der Waals surface area contributed by atoms with Gasteiger partial charge in [0.2, 0.25) is 0 Å². The van der Waals surface area contributed by atoms with Crippen molar-refractivity contribution in [2.75, 3.05) is 6.54 Å². The molecule has 2 bridgehead atoms. The lowest BCUT2D eigenvalue weighted by atomic mass is 9.99. The van der Waals surface area contributed by atoms with Crippen LogP contribution in [0, 0.1) is 23.2 Å². The van der Waals surface area contributed by atoms with Gasteiger partial charge >= 0.3 is 0 Å². The molecule has 82 valence electrons. The number of benzene rings is 1. The molecule has 2 heteroatoms. The molecule has 0 spiro atoms. The van der Waals surface area contributed by atoms with Gasteiger partial charge in [0.05, 0.1) is 18.5 Å². The molecule has 0 radical (unpaired) electrons. The summed E-state index contributed by atoms with van der Waals surface area (Å²) in [6.07, 6.45) is 2.43. The van der Waals surface area contributed by atoms with Crippen LogP contribution in [0.1, 0.15) is 18.4 Å². The fourth-order valence-electron chi connectivity index (χ4n) is 3.49. The van der Waals surface area contributed by atoms with E-state index >= 15 is 0 Å². The van der Waals surface area contributed by atoms with Crippen molar-refractivity contribution in [1.29, 1.82) is 5.26 Å². The van der Waals surface area contributed by atoms with Crippen molar-refractivity contribution in [1.82, 2.24) is 0 Å². The van der Waals surface area contributed by atoms with Crippen LogP contribution < -0.4 is 4.90 Å². The van der Waals surface area contributed by atoms with E-state index in [1.54, 1.807) is 4.90 Å².